The predicted molar refractivity (Wildman–Crippen MR) is 92.8 cm³/mol. The van der Waals surface area contributed by atoms with Crippen molar-refractivity contribution in [3.8, 4) is 5.69 Å². The second kappa shape index (κ2) is 6.53. The van der Waals surface area contributed by atoms with E-state index in [0.29, 0.717) is 5.56 Å². The lowest BCUT2D eigenvalue weighted by Crippen LogP contribution is -2.26. The number of nitrogens with zero attached hydrogens (tertiary/aromatic N) is 1. The van der Waals surface area contributed by atoms with Crippen LogP contribution in [0.2, 0.25) is 0 Å². The quantitative estimate of drug-likeness (QED) is 0.767. The van der Waals surface area contributed by atoms with Gasteiger partial charge in [-0.05, 0) is 55.8 Å². The molecule has 0 spiro atoms. The number of rotatable bonds is 4. The summed E-state index contributed by atoms with van der Waals surface area (Å²) >= 11 is 0. The molecular formula is C20H20N2O. The molecule has 0 bridgehead atoms. The number of carbonyl (C=O) groups is 1. The molecule has 3 aromatic rings. The highest BCUT2D eigenvalue weighted by atomic mass is 16.1. The van der Waals surface area contributed by atoms with Gasteiger partial charge in [0.15, 0.2) is 0 Å². The minimum absolute atomic E-state index is 0.0211. The zero-order chi connectivity index (χ0) is 16.2. The zero-order valence-corrected chi connectivity index (χ0v) is 13.4. The lowest BCUT2D eigenvalue weighted by molar-refractivity contribution is 0.0940. The van der Waals surface area contributed by atoms with Crippen LogP contribution in [-0.2, 0) is 0 Å². The summed E-state index contributed by atoms with van der Waals surface area (Å²) in [5, 5.41) is 3.04. The molecule has 0 aliphatic rings. The van der Waals surface area contributed by atoms with Crippen molar-refractivity contribution in [1.82, 2.24) is 9.88 Å². The van der Waals surface area contributed by atoms with Crippen LogP contribution >= 0.6 is 0 Å². The van der Waals surface area contributed by atoms with E-state index in [2.05, 4.69) is 36.5 Å². The van der Waals surface area contributed by atoms with Gasteiger partial charge in [-0.2, -0.15) is 0 Å². The van der Waals surface area contributed by atoms with E-state index in [4.69, 9.17) is 0 Å². The molecule has 3 rings (SSSR count). The molecule has 1 atom stereocenters. The minimum atomic E-state index is -0.0582. The smallest absolute Gasteiger partial charge is 0.251 e. The van der Waals surface area contributed by atoms with E-state index in [1.165, 1.54) is 5.56 Å². The van der Waals surface area contributed by atoms with Gasteiger partial charge in [0.2, 0.25) is 0 Å². The molecule has 1 amide bonds. The fourth-order valence-electron chi connectivity index (χ4n) is 2.51. The van der Waals surface area contributed by atoms with E-state index in [-0.39, 0.29) is 11.9 Å². The van der Waals surface area contributed by atoms with Gasteiger partial charge in [-0.1, -0.05) is 29.8 Å². The molecule has 3 heteroatoms. The van der Waals surface area contributed by atoms with Crippen LogP contribution in [0.15, 0.2) is 73.1 Å². The van der Waals surface area contributed by atoms with Crippen molar-refractivity contribution in [1.29, 1.82) is 0 Å². The Hall–Kier alpha value is -2.81. The first-order chi connectivity index (χ1) is 11.1. The molecule has 1 N–H and O–H groups in total. The number of hydrogen-bond acceptors (Lipinski definition) is 1. The molecule has 116 valence electrons. The average molecular weight is 304 g/mol. The summed E-state index contributed by atoms with van der Waals surface area (Å²) in [6.07, 6.45) is 3.96. The van der Waals surface area contributed by atoms with Crippen molar-refractivity contribution >= 4 is 5.91 Å². The number of aryl methyl sites for hydroxylation is 1. The molecular weight excluding hydrogens is 284 g/mol. The van der Waals surface area contributed by atoms with Crippen molar-refractivity contribution < 1.29 is 4.79 Å². The molecule has 0 aliphatic heterocycles. The first-order valence-electron chi connectivity index (χ1n) is 7.74. The second-order valence-corrected chi connectivity index (χ2v) is 5.74. The molecule has 1 heterocycles. The van der Waals surface area contributed by atoms with Crippen LogP contribution in [0.5, 0.6) is 0 Å². The van der Waals surface area contributed by atoms with Gasteiger partial charge in [-0.25, -0.2) is 0 Å². The summed E-state index contributed by atoms with van der Waals surface area (Å²) < 4.78 is 2.01. The van der Waals surface area contributed by atoms with Gasteiger partial charge in [0, 0.05) is 23.6 Å². The Morgan fingerprint density at radius 1 is 0.957 bits per heavy atom. The lowest BCUT2D eigenvalue weighted by Gasteiger charge is -2.15. The van der Waals surface area contributed by atoms with Gasteiger partial charge >= 0.3 is 0 Å². The van der Waals surface area contributed by atoms with E-state index in [0.717, 1.165) is 11.3 Å². The summed E-state index contributed by atoms with van der Waals surface area (Å²) in [4.78, 5) is 12.4. The summed E-state index contributed by atoms with van der Waals surface area (Å²) in [6.45, 7) is 4.05. The van der Waals surface area contributed by atoms with Crippen molar-refractivity contribution in [2.45, 2.75) is 19.9 Å². The van der Waals surface area contributed by atoms with Crippen LogP contribution in [0.1, 0.15) is 34.5 Å². The Morgan fingerprint density at radius 3 is 2.17 bits per heavy atom. The SMILES string of the molecule is Cc1ccc(C(C)NC(=O)c2ccc(-n3cccc3)cc2)cc1. The van der Waals surface area contributed by atoms with Crippen LogP contribution in [-0.4, -0.2) is 10.5 Å². The van der Waals surface area contributed by atoms with Crippen molar-refractivity contribution in [3.63, 3.8) is 0 Å². The molecule has 3 nitrogen and oxygen atoms in total. The van der Waals surface area contributed by atoms with Gasteiger partial charge < -0.3 is 9.88 Å². The number of carbonyl (C=O) groups excluding carboxylic acids is 1. The van der Waals surface area contributed by atoms with Gasteiger partial charge in [0.1, 0.15) is 0 Å². The summed E-state index contributed by atoms with van der Waals surface area (Å²) in [7, 11) is 0. The van der Waals surface area contributed by atoms with Gasteiger partial charge in [-0.15, -0.1) is 0 Å². The fourth-order valence-corrected chi connectivity index (χ4v) is 2.51. The van der Waals surface area contributed by atoms with Crippen LogP contribution in [0, 0.1) is 6.92 Å². The largest absolute Gasteiger partial charge is 0.346 e. The molecule has 0 aliphatic carbocycles. The van der Waals surface area contributed by atoms with E-state index < -0.39 is 0 Å². The minimum Gasteiger partial charge on any atom is -0.346 e. The Bertz CT molecular complexity index is 772. The Balaban J connectivity index is 1.69. The predicted octanol–water partition coefficient (Wildman–Crippen LogP) is 4.28. The zero-order valence-electron chi connectivity index (χ0n) is 13.4. The first kappa shape index (κ1) is 15.1. The molecule has 0 radical (unpaired) electrons. The molecule has 23 heavy (non-hydrogen) atoms. The van der Waals surface area contributed by atoms with E-state index in [1.54, 1.807) is 0 Å². The van der Waals surface area contributed by atoms with Crippen LogP contribution < -0.4 is 5.32 Å². The molecule has 0 fully saturated rings. The van der Waals surface area contributed by atoms with Gasteiger partial charge in [0.25, 0.3) is 5.91 Å². The Kier molecular flexibility index (Phi) is 4.29. The molecule has 1 aromatic heterocycles. The number of amides is 1. The number of nitrogens with one attached hydrogen (secondary N) is 1. The Labute approximate surface area is 136 Å². The first-order valence-corrected chi connectivity index (χ1v) is 7.74. The lowest BCUT2D eigenvalue weighted by atomic mass is 10.1. The highest BCUT2D eigenvalue weighted by Crippen LogP contribution is 2.15. The summed E-state index contributed by atoms with van der Waals surface area (Å²) in [5.74, 6) is -0.0582. The fraction of sp³-hybridized carbons (Fsp3) is 0.150. The third-order valence-corrected chi connectivity index (χ3v) is 3.96. The highest BCUT2D eigenvalue weighted by molar-refractivity contribution is 5.94. The monoisotopic (exact) mass is 304 g/mol. The van der Waals surface area contributed by atoms with E-state index in [9.17, 15) is 4.79 Å². The molecule has 1 unspecified atom stereocenters. The molecule has 2 aromatic carbocycles. The number of hydrogen-bond donors (Lipinski definition) is 1. The number of benzene rings is 2. The second-order valence-electron chi connectivity index (χ2n) is 5.74. The summed E-state index contributed by atoms with van der Waals surface area (Å²) in [6, 6.07) is 19.8. The van der Waals surface area contributed by atoms with E-state index >= 15 is 0 Å². The van der Waals surface area contributed by atoms with E-state index in [1.807, 2.05) is 60.3 Å². The average Bonchev–Trinajstić information content (AvgIpc) is 3.10. The van der Waals surface area contributed by atoms with Crippen molar-refractivity contribution in [2.75, 3.05) is 0 Å². The van der Waals surface area contributed by atoms with Crippen LogP contribution in [0.25, 0.3) is 5.69 Å². The summed E-state index contributed by atoms with van der Waals surface area (Å²) in [5.41, 5.74) is 4.03. The maximum absolute atomic E-state index is 12.4. The topological polar surface area (TPSA) is 34.0 Å². The third kappa shape index (κ3) is 3.51. The highest BCUT2D eigenvalue weighted by Gasteiger charge is 2.11. The van der Waals surface area contributed by atoms with Crippen LogP contribution in [0.3, 0.4) is 0 Å². The van der Waals surface area contributed by atoms with Crippen molar-refractivity contribution in [3.05, 3.63) is 89.7 Å². The molecule has 0 saturated carbocycles. The maximum atomic E-state index is 12.4. The van der Waals surface area contributed by atoms with Crippen LogP contribution in [0.4, 0.5) is 0 Å². The van der Waals surface area contributed by atoms with Gasteiger partial charge in [-0.3, -0.25) is 4.79 Å². The van der Waals surface area contributed by atoms with Crippen molar-refractivity contribution in [2.24, 2.45) is 0 Å². The Morgan fingerprint density at radius 2 is 1.57 bits per heavy atom. The number of aromatic nitrogens is 1. The standard InChI is InChI=1S/C20H20N2O/c1-15-5-7-17(8-6-15)16(2)21-20(23)18-9-11-19(12-10-18)22-13-3-4-14-22/h3-14,16H,1-2H3,(H,21,23). The third-order valence-electron chi connectivity index (χ3n) is 3.96. The molecule has 0 saturated heterocycles. The maximum Gasteiger partial charge on any atom is 0.251 e. The normalized spacial score (nSPS) is 11.9. The van der Waals surface area contributed by atoms with Gasteiger partial charge in [0.05, 0.1) is 6.04 Å².